The Balaban J connectivity index is 1.82. The SMILES string of the molecule is CN=C(N)c1ccc(NC(=O)c2cc(-c3cscc3CN)ccc2-c2ccc(C(=O)NCC(C)C)cc2C(=O)OC)cc1. The van der Waals surface area contributed by atoms with E-state index in [1.165, 1.54) is 24.5 Å². The Morgan fingerprint density at radius 2 is 1.56 bits per heavy atom. The second-order valence-electron chi connectivity index (χ2n) is 10.3. The summed E-state index contributed by atoms with van der Waals surface area (Å²) in [6.07, 6.45) is 0. The molecule has 43 heavy (non-hydrogen) atoms. The molecule has 4 aromatic rings. The standard InChI is InChI=1S/C33H35N5O4S/c1-19(2)16-37-31(39)22-8-12-26(28(14-22)33(41)42-4)25-11-7-21(29-18-43-17-23(29)15-34)13-27(25)32(40)38-24-9-5-20(6-10-24)30(35)36-3/h5-14,17-19H,15-16,34H2,1-4H3,(H2,35,36)(H,37,39)(H,38,40). The van der Waals surface area contributed by atoms with E-state index in [0.29, 0.717) is 46.9 Å². The summed E-state index contributed by atoms with van der Waals surface area (Å²) in [6, 6.07) is 17.3. The van der Waals surface area contributed by atoms with Crippen LogP contribution in [0.5, 0.6) is 0 Å². The number of carbonyl (C=O) groups is 3. The number of amides is 2. The van der Waals surface area contributed by atoms with Gasteiger partial charge in [0.2, 0.25) is 0 Å². The van der Waals surface area contributed by atoms with Crippen LogP contribution in [0.2, 0.25) is 0 Å². The molecule has 0 spiro atoms. The summed E-state index contributed by atoms with van der Waals surface area (Å²) >= 11 is 1.53. The maximum atomic E-state index is 13.9. The first-order valence-electron chi connectivity index (χ1n) is 13.7. The second kappa shape index (κ2) is 13.9. The summed E-state index contributed by atoms with van der Waals surface area (Å²) in [5.74, 6) is -0.670. The number of thiophene rings is 1. The van der Waals surface area contributed by atoms with Crippen molar-refractivity contribution in [3.8, 4) is 22.3 Å². The second-order valence-corrected chi connectivity index (χ2v) is 11.0. The van der Waals surface area contributed by atoms with Crippen molar-refractivity contribution in [3.05, 3.63) is 99.2 Å². The average molecular weight is 598 g/mol. The molecule has 2 amide bonds. The molecule has 0 radical (unpaired) electrons. The van der Waals surface area contributed by atoms with Gasteiger partial charge in [0.25, 0.3) is 11.8 Å². The number of esters is 1. The molecule has 3 aromatic carbocycles. The van der Waals surface area contributed by atoms with E-state index in [0.717, 1.165) is 22.3 Å². The monoisotopic (exact) mass is 597 g/mol. The summed E-state index contributed by atoms with van der Waals surface area (Å²) in [4.78, 5) is 43.7. The van der Waals surface area contributed by atoms with E-state index in [-0.39, 0.29) is 23.3 Å². The van der Waals surface area contributed by atoms with E-state index in [1.807, 2.05) is 30.7 Å². The smallest absolute Gasteiger partial charge is 0.338 e. The Morgan fingerprint density at radius 3 is 2.21 bits per heavy atom. The maximum Gasteiger partial charge on any atom is 0.338 e. The predicted molar refractivity (Wildman–Crippen MR) is 173 cm³/mol. The van der Waals surface area contributed by atoms with Gasteiger partial charge in [-0.15, -0.1) is 0 Å². The summed E-state index contributed by atoms with van der Waals surface area (Å²) in [5, 5.41) is 9.79. The normalized spacial score (nSPS) is 11.3. The molecule has 0 unspecified atom stereocenters. The number of aliphatic imine (C=N–C) groups is 1. The van der Waals surface area contributed by atoms with E-state index >= 15 is 0 Å². The van der Waals surface area contributed by atoms with Crippen molar-refractivity contribution in [2.45, 2.75) is 20.4 Å². The number of nitrogens with one attached hydrogen (secondary N) is 2. The number of nitrogens with zero attached hydrogens (tertiary/aromatic N) is 1. The summed E-state index contributed by atoms with van der Waals surface area (Å²) in [7, 11) is 2.88. The minimum atomic E-state index is -0.627. The third kappa shape index (κ3) is 7.17. The Bertz CT molecular complexity index is 1680. The van der Waals surface area contributed by atoms with Gasteiger partial charge in [-0.25, -0.2) is 4.79 Å². The number of benzene rings is 3. The fraction of sp³-hybridized carbons (Fsp3) is 0.212. The zero-order chi connectivity index (χ0) is 31.1. The van der Waals surface area contributed by atoms with Gasteiger partial charge in [0.1, 0.15) is 5.84 Å². The number of anilines is 1. The summed E-state index contributed by atoms with van der Waals surface area (Å²) in [6.45, 7) is 4.84. The lowest BCUT2D eigenvalue weighted by Crippen LogP contribution is -2.27. The Kier molecular flexibility index (Phi) is 10.1. The van der Waals surface area contributed by atoms with E-state index in [4.69, 9.17) is 16.2 Å². The van der Waals surface area contributed by atoms with Crippen molar-refractivity contribution in [2.75, 3.05) is 26.0 Å². The third-order valence-corrected chi connectivity index (χ3v) is 7.66. The van der Waals surface area contributed by atoms with Crippen LogP contribution in [-0.2, 0) is 11.3 Å². The van der Waals surface area contributed by atoms with Gasteiger partial charge in [0.05, 0.1) is 12.7 Å². The Morgan fingerprint density at radius 1 is 0.884 bits per heavy atom. The molecule has 0 saturated heterocycles. The fourth-order valence-corrected chi connectivity index (χ4v) is 5.40. The molecule has 9 nitrogen and oxygen atoms in total. The quantitative estimate of drug-likeness (QED) is 0.111. The minimum absolute atomic E-state index is 0.165. The van der Waals surface area contributed by atoms with E-state index in [1.54, 1.807) is 55.6 Å². The summed E-state index contributed by atoms with van der Waals surface area (Å²) in [5.41, 5.74) is 17.6. The van der Waals surface area contributed by atoms with E-state index < -0.39 is 5.97 Å². The third-order valence-electron chi connectivity index (χ3n) is 6.86. The first-order valence-corrected chi connectivity index (χ1v) is 14.7. The van der Waals surface area contributed by atoms with Gasteiger partial charge < -0.3 is 26.8 Å². The number of methoxy groups -OCH3 is 1. The molecule has 1 heterocycles. The number of ether oxygens (including phenoxy) is 1. The van der Waals surface area contributed by atoms with Crippen molar-refractivity contribution >= 4 is 40.6 Å². The van der Waals surface area contributed by atoms with Crippen molar-refractivity contribution in [1.29, 1.82) is 0 Å². The largest absolute Gasteiger partial charge is 0.465 e. The average Bonchev–Trinajstić information content (AvgIpc) is 3.51. The van der Waals surface area contributed by atoms with Gasteiger partial charge >= 0.3 is 5.97 Å². The van der Waals surface area contributed by atoms with Crippen LogP contribution in [0.15, 0.2) is 76.4 Å². The number of hydrogen-bond acceptors (Lipinski definition) is 7. The van der Waals surface area contributed by atoms with Crippen molar-refractivity contribution in [3.63, 3.8) is 0 Å². The summed E-state index contributed by atoms with van der Waals surface area (Å²) < 4.78 is 5.08. The molecule has 0 bridgehead atoms. The van der Waals surface area contributed by atoms with Gasteiger partial charge in [0, 0.05) is 42.5 Å². The van der Waals surface area contributed by atoms with Crippen LogP contribution in [0, 0.1) is 5.92 Å². The number of amidine groups is 1. The highest BCUT2D eigenvalue weighted by atomic mass is 32.1. The highest BCUT2D eigenvalue weighted by Gasteiger charge is 2.22. The molecule has 1 aromatic heterocycles. The fourth-order valence-electron chi connectivity index (χ4n) is 4.52. The molecular weight excluding hydrogens is 562 g/mol. The minimum Gasteiger partial charge on any atom is -0.465 e. The van der Waals surface area contributed by atoms with Crippen LogP contribution in [0.3, 0.4) is 0 Å². The highest BCUT2D eigenvalue weighted by molar-refractivity contribution is 7.08. The van der Waals surface area contributed by atoms with Gasteiger partial charge in [-0.3, -0.25) is 14.6 Å². The zero-order valence-electron chi connectivity index (χ0n) is 24.6. The predicted octanol–water partition coefficient (Wildman–Crippen LogP) is 5.30. The first kappa shape index (κ1) is 31.1. The molecule has 0 fully saturated rings. The topological polar surface area (TPSA) is 149 Å². The molecule has 0 aliphatic heterocycles. The molecule has 0 aliphatic carbocycles. The van der Waals surface area contributed by atoms with Gasteiger partial charge in [0.15, 0.2) is 0 Å². The lowest BCUT2D eigenvalue weighted by molar-refractivity contribution is 0.0601. The Hall–Kier alpha value is -4.80. The molecule has 0 aliphatic rings. The molecule has 0 saturated carbocycles. The molecular formula is C33H35N5O4S. The van der Waals surface area contributed by atoms with E-state index in [9.17, 15) is 14.4 Å². The number of hydrogen-bond donors (Lipinski definition) is 4. The lowest BCUT2D eigenvalue weighted by Gasteiger charge is -2.16. The van der Waals surface area contributed by atoms with Crippen LogP contribution in [0.4, 0.5) is 5.69 Å². The maximum absolute atomic E-state index is 13.9. The van der Waals surface area contributed by atoms with E-state index in [2.05, 4.69) is 15.6 Å². The van der Waals surface area contributed by atoms with Gasteiger partial charge in [-0.05, 0) is 87.0 Å². The highest BCUT2D eigenvalue weighted by Crippen LogP contribution is 2.35. The van der Waals surface area contributed by atoms with Crippen molar-refractivity contribution < 1.29 is 19.1 Å². The van der Waals surface area contributed by atoms with Crippen LogP contribution in [0.1, 0.15) is 56.0 Å². The molecule has 10 heteroatoms. The van der Waals surface area contributed by atoms with Crippen molar-refractivity contribution in [1.82, 2.24) is 5.32 Å². The van der Waals surface area contributed by atoms with Crippen molar-refractivity contribution in [2.24, 2.45) is 22.4 Å². The zero-order valence-corrected chi connectivity index (χ0v) is 25.4. The first-order chi connectivity index (χ1) is 20.7. The number of carbonyl (C=O) groups excluding carboxylic acids is 3. The Labute approximate surface area is 255 Å². The van der Waals surface area contributed by atoms with Crippen LogP contribution in [0.25, 0.3) is 22.3 Å². The van der Waals surface area contributed by atoms with Crippen LogP contribution in [-0.4, -0.2) is 44.3 Å². The lowest BCUT2D eigenvalue weighted by atomic mass is 9.90. The van der Waals surface area contributed by atoms with Gasteiger partial charge in [-0.2, -0.15) is 11.3 Å². The number of rotatable bonds is 10. The molecule has 0 atom stereocenters. The van der Waals surface area contributed by atoms with Crippen LogP contribution >= 0.6 is 11.3 Å². The molecule has 6 N–H and O–H groups in total. The van der Waals surface area contributed by atoms with Crippen LogP contribution < -0.4 is 22.1 Å². The number of nitrogens with two attached hydrogens (primary N) is 2. The molecule has 4 rings (SSSR count). The van der Waals surface area contributed by atoms with Gasteiger partial charge in [-0.1, -0.05) is 32.0 Å². The molecule has 222 valence electrons.